The van der Waals surface area contributed by atoms with Crippen LogP contribution in [0.3, 0.4) is 0 Å². The lowest BCUT2D eigenvalue weighted by molar-refractivity contribution is 0.704. The Morgan fingerprint density at radius 1 is 1.18 bits per heavy atom. The molecule has 0 fully saturated rings. The van der Waals surface area contributed by atoms with Crippen molar-refractivity contribution in [3.8, 4) is 0 Å². The molecule has 0 aromatic rings. The van der Waals surface area contributed by atoms with Crippen LogP contribution in [0.5, 0.6) is 0 Å². The Hall–Kier alpha value is -0.520. The van der Waals surface area contributed by atoms with Crippen LogP contribution < -0.4 is 0 Å². The first-order valence-corrected chi connectivity index (χ1v) is 4.73. The van der Waals surface area contributed by atoms with E-state index in [0.29, 0.717) is 0 Å². The molecule has 0 heteroatoms. The molecule has 11 heavy (non-hydrogen) atoms. The van der Waals surface area contributed by atoms with Crippen molar-refractivity contribution in [2.75, 3.05) is 0 Å². The Morgan fingerprint density at radius 2 is 1.91 bits per heavy atom. The molecule has 62 valence electrons. The number of rotatable bonds is 3. The lowest BCUT2D eigenvalue weighted by atomic mass is 9.95. The fourth-order valence-corrected chi connectivity index (χ4v) is 1.91. The van der Waals surface area contributed by atoms with Crippen molar-refractivity contribution in [1.29, 1.82) is 0 Å². The summed E-state index contributed by atoms with van der Waals surface area (Å²) in [4.78, 5) is 0. The summed E-state index contributed by atoms with van der Waals surface area (Å²) in [7, 11) is 0. The molecule has 1 rings (SSSR count). The van der Waals surface area contributed by atoms with Gasteiger partial charge in [0.15, 0.2) is 0 Å². The van der Waals surface area contributed by atoms with Crippen LogP contribution in [-0.2, 0) is 0 Å². The van der Waals surface area contributed by atoms with Crippen molar-refractivity contribution < 1.29 is 0 Å². The van der Waals surface area contributed by atoms with Gasteiger partial charge in [-0.1, -0.05) is 38.5 Å². The first-order chi connectivity index (χ1) is 5.33. The third kappa shape index (κ3) is 1.55. The highest BCUT2D eigenvalue weighted by Crippen LogP contribution is 2.31. The van der Waals surface area contributed by atoms with Crippen LogP contribution in [0.1, 0.15) is 40.0 Å². The van der Waals surface area contributed by atoms with Crippen LogP contribution in [0.2, 0.25) is 0 Å². The van der Waals surface area contributed by atoms with Crippen molar-refractivity contribution in [3.63, 3.8) is 0 Å². The summed E-state index contributed by atoms with van der Waals surface area (Å²) >= 11 is 0. The molecule has 0 saturated carbocycles. The van der Waals surface area contributed by atoms with Gasteiger partial charge < -0.3 is 0 Å². The molecule has 0 spiro atoms. The van der Waals surface area contributed by atoms with Gasteiger partial charge in [0.2, 0.25) is 0 Å². The van der Waals surface area contributed by atoms with Gasteiger partial charge in [0.25, 0.3) is 0 Å². The van der Waals surface area contributed by atoms with E-state index in [2.05, 4.69) is 32.9 Å². The maximum absolute atomic E-state index is 2.36. The fourth-order valence-electron chi connectivity index (χ4n) is 1.91. The molecule has 1 atom stereocenters. The van der Waals surface area contributed by atoms with Gasteiger partial charge in [-0.25, -0.2) is 0 Å². The Balaban J connectivity index is 2.77. The van der Waals surface area contributed by atoms with Crippen molar-refractivity contribution in [2.24, 2.45) is 5.92 Å². The van der Waals surface area contributed by atoms with Gasteiger partial charge in [0.1, 0.15) is 0 Å². The van der Waals surface area contributed by atoms with Crippen molar-refractivity contribution in [3.05, 3.63) is 23.3 Å². The summed E-state index contributed by atoms with van der Waals surface area (Å²) in [5, 5.41) is 0. The van der Waals surface area contributed by atoms with Crippen LogP contribution in [0.25, 0.3) is 0 Å². The summed E-state index contributed by atoms with van der Waals surface area (Å²) in [5.41, 5.74) is 3.26. The third-order valence-corrected chi connectivity index (χ3v) is 2.59. The van der Waals surface area contributed by atoms with Crippen molar-refractivity contribution in [2.45, 2.75) is 40.0 Å². The van der Waals surface area contributed by atoms with E-state index >= 15 is 0 Å². The second-order valence-corrected chi connectivity index (χ2v) is 3.13. The predicted molar refractivity (Wildman–Crippen MR) is 50.5 cm³/mol. The largest absolute Gasteiger partial charge is 0.0771 e. The van der Waals surface area contributed by atoms with Crippen LogP contribution >= 0.6 is 0 Å². The molecule has 0 aromatic carbocycles. The molecule has 0 amide bonds. The molecule has 0 aromatic heterocycles. The van der Waals surface area contributed by atoms with Crippen LogP contribution in [0.15, 0.2) is 23.3 Å². The Bertz CT molecular complexity index is 184. The maximum Gasteiger partial charge on any atom is -0.00170 e. The first kappa shape index (κ1) is 8.58. The highest BCUT2D eigenvalue weighted by Gasteiger charge is 2.15. The van der Waals surface area contributed by atoms with Crippen LogP contribution in [0.4, 0.5) is 0 Å². The quantitative estimate of drug-likeness (QED) is 0.575. The number of hydrogen-bond donors (Lipinski definition) is 0. The molecule has 0 heterocycles. The molecule has 0 bridgehead atoms. The molecule has 1 aliphatic rings. The average Bonchev–Trinajstić information content (AvgIpc) is 2.45. The van der Waals surface area contributed by atoms with Crippen LogP contribution in [0, 0.1) is 5.92 Å². The summed E-state index contributed by atoms with van der Waals surface area (Å²) in [6, 6.07) is 0. The van der Waals surface area contributed by atoms with Gasteiger partial charge in [-0.15, -0.1) is 0 Å². The first-order valence-electron chi connectivity index (χ1n) is 4.73. The molecule has 0 saturated heterocycles. The van der Waals surface area contributed by atoms with E-state index in [1.165, 1.54) is 19.3 Å². The lowest BCUT2D eigenvalue weighted by Gasteiger charge is -2.10. The van der Waals surface area contributed by atoms with E-state index in [1.807, 2.05) is 0 Å². The van der Waals surface area contributed by atoms with Crippen LogP contribution in [-0.4, -0.2) is 0 Å². The summed E-state index contributed by atoms with van der Waals surface area (Å²) in [6.07, 6.45) is 8.37. The summed E-state index contributed by atoms with van der Waals surface area (Å²) in [5.74, 6) is 0.759. The van der Waals surface area contributed by atoms with Gasteiger partial charge in [0.05, 0.1) is 0 Å². The van der Waals surface area contributed by atoms with E-state index in [0.717, 1.165) is 5.92 Å². The zero-order valence-electron chi connectivity index (χ0n) is 7.85. The maximum atomic E-state index is 2.36. The Labute approximate surface area is 70.0 Å². The molecule has 1 aliphatic carbocycles. The van der Waals surface area contributed by atoms with Gasteiger partial charge in [-0.2, -0.15) is 0 Å². The molecule has 0 aliphatic heterocycles. The summed E-state index contributed by atoms with van der Waals surface area (Å²) < 4.78 is 0. The van der Waals surface area contributed by atoms with Gasteiger partial charge in [0, 0.05) is 0 Å². The van der Waals surface area contributed by atoms with Crippen molar-refractivity contribution in [1.82, 2.24) is 0 Å². The topological polar surface area (TPSA) is 0 Å². The Morgan fingerprint density at radius 3 is 2.36 bits per heavy atom. The highest BCUT2D eigenvalue weighted by atomic mass is 14.2. The zero-order valence-corrected chi connectivity index (χ0v) is 7.85. The number of allylic oxidation sites excluding steroid dienone is 4. The number of hydrogen-bond acceptors (Lipinski definition) is 0. The highest BCUT2D eigenvalue weighted by molar-refractivity contribution is 5.36. The van der Waals surface area contributed by atoms with E-state index < -0.39 is 0 Å². The third-order valence-electron chi connectivity index (χ3n) is 2.59. The second-order valence-electron chi connectivity index (χ2n) is 3.13. The Kier molecular flexibility index (Phi) is 2.92. The molecular formula is C11H18. The van der Waals surface area contributed by atoms with Gasteiger partial charge in [-0.05, 0) is 30.8 Å². The average molecular weight is 150 g/mol. The second kappa shape index (κ2) is 3.75. The summed E-state index contributed by atoms with van der Waals surface area (Å²) in [6.45, 7) is 6.78. The monoisotopic (exact) mass is 150 g/mol. The molecule has 1 unspecified atom stereocenters. The van der Waals surface area contributed by atoms with E-state index in [4.69, 9.17) is 0 Å². The normalized spacial score (nSPS) is 23.4. The molecule has 0 nitrogen and oxygen atoms in total. The molecule has 0 N–H and O–H groups in total. The minimum Gasteiger partial charge on any atom is -0.0771 e. The lowest BCUT2D eigenvalue weighted by Crippen LogP contribution is -1.95. The predicted octanol–water partition coefficient (Wildman–Crippen LogP) is 3.70. The van der Waals surface area contributed by atoms with E-state index in [9.17, 15) is 0 Å². The van der Waals surface area contributed by atoms with Crippen molar-refractivity contribution >= 4 is 0 Å². The smallest absolute Gasteiger partial charge is 0.00170 e. The fraction of sp³-hybridized carbons (Fsp3) is 0.636. The van der Waals surface area contributed by atoms with Gasteiger partial charge in [-0.3, -0.25) is 0 Å². The van der Waals surface area contributed by atoms with E-state index in [1.54, 1.807) is 11.1 Å². The van der Waals surface area contributed by atoms with E-state index in [-0.39, 0.29) is 0 Å². The minimum absolute atomic E-state index is 0.759. The standard InChI is InChI=1S/C11H18/c1-4-9-7-8-10(5-2)11(9)6-3/h7-9H,4-6H2,1-3H3. The SMILES string of the molecule is CCC1=C(CC)C(CC)C=C1. The zero-order chi connectivity index (χ0) is 8.27. The molecule has 0 radical (unpaired) electrons. The minimum atomic E-state index is 0.759. The van der Waals surface area contributed by atoms with Gasteiger partial charge >= 0.3 is 0 Å². The molecular weight excluding hydrogens is 132 g/mol.